The summed E-state index contributed by atoms with van der Waals surface area (Å²) in [5.41, 5.74) is 4.45. The Morgan fingerprint density at radius 2 is 1.73 bits per heavy atom. The molecule has 0 atom stereocenters. The van der Waals surface area contributed by atoms with Gasteiger partial charge in [0.15, 0.2) is 17.3 Å². The van der Waals surface area contributed by atoms with Gasteiger partial charge in [-0.05, 0) is 73.5 Å². The predicted molar refractivity (Wildman–Crippen MR) is 146 cm³/mol. The number of hydrogen-bond acceptors (Lipinski definition) is 6. The Labute approximate surface area is 228 Å². The van der Waals surface area contributed by atoms with Gasteiger partial charge in [-0.2, -0.15) is 5.10 Å². The summed E-state index contributed by atoms with van der Waals surface area (Å²) < 4.78 is 22.7. The third-order valence-corrected chi connectivity index (χ3v) is 6.12. The minimum Gasteiger partial charge on any atom is -0.494 e. The summed E-state index contributed by atoms with van der Waals surface area (Å²) >= 11 is 18.5. The highest BCUT2D eigenvalue weighted by atomic mass is 35.5. The van der Waals surface area contributed by atoms with E-state index < -0.39 is 5.91 Å². The smallest absolute Gasteiger partial charge is 0.307 e. The van der Waals surface area contributed by atoms with E-state index in [-0.39, 0.29) is 12.4 Å². The molecule has 7 nitrogen and oxygen atoms in total. The van der Waals surface area contributed by atoms with Crippen LogP contribution in [0.3, 0.4) is 0 Å². The van der Waals surface area contributed by atoms with Crippen LogP contribution in [0.5, 0.6) is 17.2 Å². The summed E-state index contributed by atoms with van der Waals surface area (Å²) in [6, 6.07) is 15.6. The van der Waals surface area contributed by atoms with E-state index in [0.717, 1.165) is 10.9 Å². The number of nitrogens with zero attached hydrogens (tertiary/aromatic N) is 1. The van der Waals surface area contributed by atoms with E-state index in [9.17, 15) is 4.79 Å². The van der Waals surface area contributed by atoms with Crippen LogP contribution in [0.2, 0.25) is 15.1 Å². The molecule has 10 heteroatoms. The molecule has 192 valence electrons. The van der Waals surface area contributed by atoms with Crippen LogP contribution in [0.15, 0.2) is 64.1 Å². The van der Waals surface area contributed by atoms with Gasteiger partial charge in [0, 0.05) is 5.39 Å². The van der Waals surface area contributed by atoms with Gasteiger partial charge < -0.3 is 18.6 Å². The molecule has 0 radical (unpaired) electrons. The number of halogens is 3. The molecule has 37 heavy (non-hydrogen) atoms. The molecule has 0 aliphatic rings. The molecule has 0 bridgehead atoms. The van der Waals surface area contributed by atoms with E-state index in [2.05, 4.69) is 10.5 Å². The number of benzene rings is 3. The lowest BCUT2D eigenvalue weighted by Crippen LogP contribution is -2.16. The summed E-state index contributed by atoms with van der Waals surface area (Å²) in [6.07, 6.45) is 1.45. The highest BCUT2D eigenvalue weighted by molar-refractivity contribution is 6.42. The first kappa shape index (κ1) is 26.7. The Balaban J connectivity index is 1.45. The second-order valence-electron chi connectivity index (χ2n) is 7.74. The minimum atomic E-state index is -0.497. The van der Waals surface area contributed by atoms with Gasteiger partial charge in [0.2, 0.25) is 0 Å². The summed E-state index contributed by atoms with van der Waals surface area (Å²) in [7, 11) is 0. The van der Waals surface area contributed by atoms with Gasteiger partial charge in [-0.1, -0.05) is 40.9 Å². The van der Waals surface area contributed by atoms with E-state index in [4.69, 9.17) is 53.4 Å². The largest absolute Gasteiger partial charge is 0.494 e. The third kappa shape index (κ3) is 6.68. The number of hydrogen-bond donors (Lipinski definition) is 1. The Morgan fingerprint density at radius 1 is 0.919 bits per heavy atom. The number of hydrazone groups is 1. The molecule has 0 fully saturated rings. The summed E-state index contributed by atoms with van der Waals surface area (Å²) in [4.78, 5) is 12.5. The van der Waals surface area contributed by atoms with E-state index in [1.165, 1.54) is 6.21 Å². The molecule has 0 spiro atoms. The Morgan fingerprint density at radius 3 is 2.49 bits per heavy atom. The van der Waals surface area contributed by atoms with Crippen molar-refractivity contribution in [2.45, 2.75) is 20.5 Å². The number of carbonyl (C=O) groups excluding carboxylic acids is 1. The maximum atomic E-state index is 12.5. The zero-order valence-corrected chi connectivity index (χ0v) is 22.3. The highest BCUT2D eigenvalue weighted by Crippen LogP contribution is 2.37. The SMILES string of the molecule is CCOc1ccc2oc(C(=O)N/N=C/c3cc(Cl)c(OCc4ccc(Cl)c(Cl)c4)c(OCC)c3)cc2c1. The van der Waals surface area contributed by atoms with E-state index in [0.29, 0.717) is 56.7 Å². The van der Waals surface area contributed by atoms with Crippen LogP contribution in [0.1, 0.15) is 35.5 Å². The topological polar surface area (TPSA) is 82.3 Å². The zero-order chi connectivity index (χ0) is 26.4. The lowest BCUT2D eigenvalue weighted by molar-refractivity contribution is 0.0929. The highest BCUT2D eigenvalue weighted by Gasteiger charge is 2.14. The van der Waals surface area contributed by atoms with Crippen molar-refractivity contribution in [3.63, 3.8) is 0 Å². The molecule has 0 unspecified atom stereocenters. The Kier molecular flexibility index (Phi) is 8.82. The number of amides is 1. The molecule has 3 aromatic carbocycles. The average molecular weight is 562 g/mol. The van der Waals surface area contributed by atoms with E-state index in [1.54, 1.807) is 42.5 Å². The van der Waals surface area contributed by atoms with Crippen LogP contribution in [0.4, 0.5) is 0 Å². The van der Waals surface area contributed by atoms with Crippen molar-refractivity contribution in [3.05, 3.63) is 86.6 Å². The predicted octanol–water partition coefficient (Wildman–Crippen LogP) is 7.53. The van der Waals surface area contributed by atoms with Gasteiger partial charge in [-0.3, -0.25) is 4.79 Å². The molecule has 0 aliphatic carbocycles. The van der Waals surface area contributed by atoms with Crippen LogP contribution < -0.4 is 19.6 Å². The molecular formula is C27H23Cl3N2O5. The van der Waals surface area contributed by atoms with Gasteiger partial charge in [-0.25, -0.2) is 5.43 Å². The normalized spacial score (nSPS) is 11.2. The fourth-order valence-corrected chi connectivity index (χ4v) is 4.06. The standard InChI is InChI=1S/C27H23Cl3N2O5/c1-3-34-19-6-8-23-18(12-19)13-25(37-23)27(33)32-31-14-17-10-22(30)26(24(11-17)35-4-2)36-15-16-5-7-20(28)21(29)9-16/h5-14H,3-4,15H2,1-2H3,(H,32,33)/b31-14+. The van der Waals surface area contributed by atoms with Crippen molar-refractivity contribution < 1.29 is 23.4 Å². The quantitative estimate of drug-likeness (QED) is 0.160. The van der Waals surface area contributed by atoms with Crippen molar-refractivity contribution in [1.29, 1.82) is 0 Å². The van der Waals surface area contributed by atoms with Gasteiger partial charge in [-0.15, -0.1) is 0 Å². The Bertz CT molecular complexity index is 1450. The van der Waals surface area contributed by atoms with Crippen molar-refractivity contribution in [2.75, 3.05) is 13.2 Å². The van der Waals surface area contributed by atoms with Crippen molar-refractivity contribution >= 4 is 57.9 Å². The average Bonchev–Trinajstić information content (AvgIpc) is 3.30. The molecular weight excluding hydrogens is 539 g/mol. The summed E-state index contributed by atoms with van der Waals surface area (Å²) in [5, 5.41) is 6.00. The van der Waals surface area contributed by atoms with Gasteiger partial charge in [0.05, 0.1) is 34.5 Å². The van der Waals surface area contributed by atoms with E-state index in [1.807, 2.05) is 26.0 Å². The number of nitrogens with one attached hydrogen (secondary N) is 1. The molecule has 0 saturated heterocycles. The number of carbonyl (C=O) groups is 1. The number of rotatable bonds is 10. The molecule has 4 aromatic rings. The van der Waals surface area contributed by atoms with Gasteiger partial charge in [0.1, 0.15) is 17.9 Å². The first-order valence-corrected chi connectivity index (χ1v) is 12.5. The summed E-state index contributed by atoms with van der Waals surface area (Å²) in [5.74, 6) is 1.14. The minimum absolute atomic E-state index is 0.125. The van der Waals surface area contributed by atoms with Crippen LogP contribution >= 0.6 is 34.8 Å². The molecule has 0 aliphatic heterocycles. The van der Waals surface area contributed by atoms with Crippen LogP contribution in [-0.4, -0.2) is 25.3 Å². The van der Waals surface area contributed by atoms with Crippen LogP contribution in [0, 0.1) is 0 Å². The number of ether oxygens (including phenoxy) is 3. The molecule has 1 N–H and O–H groups in total. The fraction of sp³-hybridized carbons (Fsp3) is 0.185. The monoisotopic (exact) mass is 560 g/mol. The first-order chi connectivity index (χ1) is 17.9. The first-order valence-electron chi connectivity index (χ1n) is 11.4. The molecule has 1 heterocycles. The van der Waals surface area contributed by atoms with E-state index >= 15 is 0 Å². The van der Waals surface area contributed by atoms with Crippen molar-refractivity contribution in [1.82, 2.24) is 5.43 Å². The van der Waals surface area contributed by atoms with Crippen LogP contribution in [-0.2, 0) is 6.61 Å². The lowest BCUT2D eigenvalue weighted by atomic mass is 10.2. The van der Waals surface area contributed by atoms with Crippen LogP contribution in [0.25, 0.3) is 11.0 Å². The van der Waals surface area contributed by atoms with Crippen molar-refractivity contribution in [2.24, 2.45) is 5.10 Å². The summed E-state index contributed by atoms with van der Waals surface area (Å²) in [6.45, 7) is 4.91. The molecule has 1 aromatic heterocycles. The van der Waals surface area contributed by atoms with Gasteiger partial charge >= 0.3 is 5.91 Å². The third-order valence-electron chi connectivity index (χ3n) is 5.10. The lowest BCUT2D eigenvalue weighted by Gasteiger charge is -2.14. The number of fused-ring (bicyclic) bond motifs is 1. The fourth-order valence-electron chi connectivity index (χ4n) is 3.46. The molecule has 4 rings (SSSR count). The zero-order valence-electron chi connectivity index (χ0n) is 20.0. The maximum Gasteiger partial charge on any atom is 0.307 e. The second-order valence-corrected chi connectivity index (χ2v) is 8.96. The van der Waals surface area contributed by atoms with Gasteiger partial charge in [0.25, 0.3) is 0 Å². The van der Waals surface area contributed by atoms with Crippen molar-refractivity contribution in [3.8, 4) is 17.2 Å². The molecule has 0 saturated carbocycles. The second kappa shape index (κ2) is 12.2. The number of furan rings is 1. The maximum absolute atomic E-state index is 12.5. The Hall–Kier alpha value is -3.39. The molecule has 1 amide bonds.